The minimum Gasteiger partial charge on any atom is -0.404 e. The minimum absolute atomic E-state index is 0.115. The van der Waals surface area contributed by atoms with Gasteiger partial charge in [-0.2, -0.15) is 0 Å². The minimum atomic E-state index is -4.72. The highest BCUT2D eigenvalue weighted by atomic mass is 19.4. The quantitative estimate of drug-likeness (QED) is 0.844. The van der Waals surface area contributed by atoms with Crippen molar-refractivity contribution in [2.75, 3.05) is 0 Å². The van der Waals surface area contributed by atoms with Crippen LogP contribution in [-0.2, 0) is 0 Å². The summed E-state index contributed by atoms with van der Waals surface area (Å²) in [4.78, 5) is 4.01. The van der Waals surface area contributed by atoms with Crippen LogP contribution in [0, 0.1) is 6.92 Å². The zero-order valence-corrected chi connectivity index (χ0v) is 11.4. The predicted octanol–water partition coefficient (Wildman–Crippen LogP) is 4.20. The summed E-state index contributed by atoms with van der Waals surface area (Å²) in [5.41, 5.74) is 1.81. The van der Waals surface area contributed by atoms with Crippen molar-refractivity contribution < 1.29 is 17.9 Å². The number of halogens is 3. The molecule has 0 atom stereocenters. The van der Waals surface area contributed by atoms with E-state index >= 15 is 0 Å². The lowest BCUT2D eigenvalue weighted by atomic mass is 10.0. The maximum Gasteiger partial charge on any atom is 0.573 e. The van der Waals surface area contributed by atoms with E-state index in [0.29, 0.717) is 5.69 Å². The molecule has 0 aliphatic rings. The standard InChI is InChI=1S/C14H15F3N2O/c1-9(2)11-4-5-12(19-7-10(3)18-8-19)13(6-11)20-14(15,16)17/h4-9H,1-3H3. The summed E-state index contributed by atoms with van der Waals surface area (Å²) in [5, 5.41) is 0. The molecule has 2 aromatic rings. The average molecular weight is 284 g/mol. The third kappa shape index (κ3) is 3.31. The summed E-state index contributed by atoms with van der Waals surface area (Å²) in [6.45, 7) is 5.59. The fourth-order valence-electron chi connectivity index (χ4n) is 1.86. The van der Waals surface area contributed by atoms with Gasteiger partial charge in [-0.1, -0.05) is 19.9 Å². The number of imidazole rings is 1. The molecule has 0 aliphatic heterocycles. The van der Waals surface area contributed by atoms with Gasteiger partial charge in [0.2, 0.25) is 0 Å². The van der Waals surface area contributed by atoms with Gasteiger partial charge in [-0.25, -0.2) is 4.98 Å². The Labute approximate surface area is 115 Å². The number of hydrogen-bond donors (Lipinski definition) is 0. The van der Waals surface area contributed by atoms with Crippen molar-refractivity contribution in [3.63, 3.8) is 0 Å². The van der Waals surface area contributed by atoms with E-state index in [9.17, 15) is 13.2 Å². The van der Waals surface area contributed by atoms with Gasteiger partial charge in [0, 0.05) is 6.20 Å². The van der Waals surface area contributed by atoms with Crippen molar-refractivity contribution in [1.82, 2.24) is 9.55 Å². The zero-order valence-electron chi connectivity index (χ0n) is 11.4. The highest BCUT2D eigenvalue weighted by molar-refractivity contribution is 5.49. The molecular weight excluding hydrogens is 269 g/mol. The van der Waals surface area contributed by atoms with Gasteiger partial charge in [0.25, 0.3) is 0 Å². The Morgan fingerprint density at radius 3 is 2.45 bits per heavy atom. The molecule has 0 aliphatic carbocycles. The van der Waals surface area contributed by atoms with Crippen LogP contribution >= 0.6 is 0 Å². The molecule has 0 radical (unpaired) electrons. The van der Waals surface area contributed by atoms with Gasteiger partial charge in [-0.15, -0.1) is 13.2 Å². The lowest BCUT2D eigenvalue weighted by Gasteiger charge is -2.16. The molecule has 0 fully saturated rings. The van der Waals surface area contributed by atoms with Crippen molar-refractivity contribution in [2.24, 2.45) is 0 Å². The second-order valence-electron chi connectivity index (χ2n) is 4.85. The van der Waals surface area contributed by atoms with E-state index in [2.05, 4.69) is 9.72 Å². The van der Waals surface area contributed by atoms with E-state index in [1.165, 1.54) is 17.0 Å². The maximum absolute atomic E-state index is 12.5. The SMILES string of the molecule is Cc1cn(-c2ccc(C(C)C)cc2OC(F)(F)F)cn1. The molecule has 0 bridgehead atoms. The molecule has 1 aromatic heterocycles. The van der Waals surface area contributed by atoms with Crippen LogP contribution in [0.2, 0.25) is 0 Å². The van der Waals surface area contributed by atoms with Gasteiger partial charge < -0.3 is 9.30 Å². The van der Waals surface area contributed by atoms with Crippen LogP contribution in [0.5, 0.6) is 5.75 Å². The summed E-state index contributed by atoms with van der Waals surface area (Å²) in [6, 6.07) is 4.82. The molecule has 0 spiro atoms. The number of ether oxygens (including phenoxy) is 1. The molecule has 3 nitrogen and oxygen atoms in total. The maximum atomic E-state index is 12.5. The van der Waals surface area contributed by atoms with Crippen molar-refractivity contribution in [2.45, 2.75) is 33.1 Å². The summed E-state index contributed by atoms with van der Waals surface area (Å²) < 4.78 is 43.2. The van der Waals surface area contributed by atoms with Crippen LogP contribution in [0.15, 0.2) is 30.7 Å². The Morgan fingerprint density at radius 2 is 1.95 bits per heavy atom. The smallest absolute Gasteiger partial charge is 0.404 e. The van der Waals surface area contributed by atoms with Gasteiger partial charge >= 0.3 is 6.36 Å². The first kappa shape index (κ1) is 14.4. The van der Waals surface area contributed by atoms with Gasteiger partial charge in [-0.3, -0.25) is 0 Å². The van der Waals surface area contributed by atoms with Crippen molar-refractivity contribution in [3.05, 3.63) is 42.0 Å². The van der Waals surface area contributed by atoms with Crippen LogP contribution in [0.4, 0.5) is 13.2 Å². The molecule has 0 saturated heterocycles. The van der Waals surface area contributed by atoms with Crippen molar-refractivity contribution >= 4 is 0 Å². The van der Waals surface area contributed by atoms with Crippen molar-refractivity contribution in [1.29, 1.82) is 0 Å². The Balaban J connectivity index is 2.50. The van der Waals surface area contributed by atoms with E-state index < -0.39 is 6.36 Å². The highest BCUT2D eigenvalue weighted by Gasteiger charge is 2.32. The lowest BCUT2D eigenvalue weighted by Crippen LogP contribution is -2.18. The molecule has 0 saturated carbocycles. The number of benzene rings is 1. The lowest BCUT2D eigenvalue weighted by molar-refractivity contribution is -0.274. The molecule has 1 aromatic carbocycles. The van der Waals surface area contributed by atoms with Crippen LogP contribution in [0.3, 0.4) is 0 Å². The van der Waals surface area contributed by atoms with Gasteiger partial charge in [-0.05, 0) is 30.5 Å². The fraction of sp³-hybridized carbons (Fsp3) is 0.357. The largest absolute Gasteiger partial charge is 0.573 e. The topological polar surface area (TPSA) is 27.1 Å². The van der Waals surface area contributed by atoms with E-state index in [-0.39, 0.29) is 11.7 Å². The van der Waals surface area contributed by atoms with Crippen LogP contribution < -0.4 is 4.74 Å². The van der Waals surface area contributed by atoms with E-state index in [1.807, 2.05) is 13.8 Å². The number of rotatable bonds is 3. The summed E-state index contributed by atoms with van der Waals surface area (Å²) in [5.74, 6) is -0.106. The second kappa shape index (κ2) is 5.19. The fourth-order valence-corrected chi connectivity index (χ4v) is 1.86. The molecule has 0 N–H and O–H groups in total. The molecule has 108 valence electrons. The average Bonchev–Trinajstić information content (AvgIpc) is 2.73. The molecule has 0 amide bonds. The molecule has 6 heteroatoms. The van der Waals surface area contributed by atoms with Gasteiger partial charge in [0.15, 0.2) is 5.75 Å². The van der Waals surface area contributed by atoms with E-state index in [0.717, 1.165) is 11.3 Å². The predicted molar refractivity (Wildman–Crippen MR) is 69.1 cm³/mol. The normalized spacial score (nSPS) is 11.9. The Kier molecular flexibility index (Phi) is 3.74. The summed E-state index contributed by atoms with van der Waals surface area (Å²) >= 11 is 0. The first-order valence-electron chi connectivity index (χ1n) is 6.17. The number of aromatic nitrogens is 2. The second-order valence-corrected chi connectivity index (χ2v) is 4.85. The van der Waals surface area contributed by atoms with E-state index in [4.69, 9.17) is 0 Å². The Morgan fingerprint density at radius 1 is 1.25 bits per heavy atom. The summed E-state index contributed by atoms with van der Waals surface area (Å²) in [7, 11) is 0. The van der Waals surface area contributed by atoms with E-state index in [1.54, 1.807) is 25.3 Å². The van der Waals surface area contributed by atoms with Crippen LogP contribution in [0.1, 0.15) is 31.0 Å². The molecule has 1 heterocycles. The molecule has 2 rings (SSSR count). The third-order valence-corrected chi connectivity index (χ3v) is 2.87. The van der Waals surface area contributed by atoms with Gasteiger partial charge in [0.05, 0.1) is 17.7 Å². The first-order valence-corrected chi connectivity index (χ1v) is 6.17. The monoisotopic (exact) mass is 284 g/mol. The van der Waals surface area contributed by atoms with Gasteiger partial charge in [0.1, 0.15) is 0 Å². The zero-order chi connectivity index (χ0) is 14.9. The summed E-state index contributed by atoms with van der Waals surface area (Å²) in [6.07, 6.45) is -1.61. The molecule has 0 unspecified atom stereocenters. The molecular formula is C14H15F3N2O. The van der Waals surface area contributed by atoms with Crippen molar-refractivity contribution in [3.8, 4) is 11.4 Å². The van der Waals surface area contributed by atoms with Crippen LogP contribution in [0.25, 0.3) is 5.69 Å². The molecule has 20 heavy (non-hydrogen) atoms. The Hall–Kier alpha value is -1.98. The number of alkyl halides is 3. The number of nitrogens with zero attached hydrogens (tertiary/aromatic N) is 2. The highest BCUT2D eigenvalue weighted by Crippen LogP contribution is 2.32. The van der Waals surface area contributed by atoms with Crippen LogP contribution in [-0.4, -0.2) is 15.9 Å². The third-order valence-electron chi connectivity index (χ3n) is 2.87. The Bertz CT molecular complexity index is 603. The number of hydrogen-bond acceptors (Lipinski definition) is 2. The number of aryl methyl sites for hydroxylation is 1. The first-order chi connectivity index (χ1) is 9.26.